The Morgan fingerprint density at radius 3 is 2.44 bits per heavy atom. The zero-order chi connectivity index (χ0) is 11.4. The summed E-state index contributed by atoms with van der Waals surface area (Å²) in [5, 5.41) is 0. The SMILES string of the molecule is C[C@@H](N)c1ccc(CN2CCOCC2)cc1. The predicted octanol–water partition coefficient (Wildman–Crippen LogP) is 1.54. The Kier molecular flexibility index (Phi) is 3.93. The van der Waals surface area contributed by atoms with Gasteiger partial charge >= 0.3 is 0 Å². The Bertz CT molecular complexity index is 315. The minimum absolute atomic E-state index is 0.123. The molecule has 1 aliphatic heterocycles. The standard InChI is InChI=1S/C13H20N2O/c1-11(14)13-4-2-12(3-5-13)10-15-6-8-16-9-7-15/h2-5,11H,6-10,14H2,1H3/t11-/m1/s1. The fourth-order valence-electron chi connectivity index (χ4n) is 1.94. The Labute approximate surface area is 97.2 Å². The predicted molar refractivity (Wildman–Crippen MR) is 65.1 cm³/mol. The topological polar surface area (TPSA) is 38.5 Å². The van der Waals surface area contributed by atoms with Crippen molar-refractivity contribution in [1.29, 1.82) is 0 Å². The van der Waals surface area contributed by atoms with E-state index in [1.54, 1.807) is 0 Å². The molecule has 0 unspecified atom stereocenters. The van der Waals surface area contributed by atoms with E-state index >= 15 is 0 Å². The highest BCUT2D eigenvalue weighted by Crippen LogP contribution is 2.12. The molecule has 1 atom stereocenters. The lowest BCUT2D eigenvalue weighted by molar-refractivity contribution is 0.0342. The van der Waals surface area contributed by atoms with Crippen molar-refractivity contribution in [2.75, 3.05) is 26.3 Å². The van der Waals surface area contributed by atoms with E-state index in [4.69, 9.17) is 10.5 Å². The molecule has 0 amide bonds. The highest BCUT2D eigenvalue weighted by Gasteiger charge is 2.10. The van der Waals surface area contributed by atoms with Gasteiger partial charge in [-0.05, 0) is 18.1 Å². The number of morpholine rings is 1. The van der Waals surface area contributed by atoms with Crippen LogP contribution in [0.4, 0.5) is 0 Å². The summed E-state index contributed by atoms with van der Waals surface area (Å²) < 4.78 is 5.33. The zero-order valence-electron chi connectivity index (χ0n) is 9.86. The van der Waals surface area contributed by atoms with E-state index in [0.29, 0.717) is 0 Å². The summed E-state index contributed by atoms with van der Waals surface area (Å²) in [5.74, 6) is 0. The molecule has 2 N–H and O–H groups in total. The van der Waals surface area contributed by atoms with Crippen LogP contribution in [-0.2, 0) is 11.3 Å². The second-order valence-corrected chi connectivity index (χ2v) is 4.42. The van der Waals surface area contributed by atoms with E-state index in [9.17, 15) is 0 Å². The van der Waals surface area contributed by atoms with Gasteiger partial charge < -0.3 is 10.5 Å². The molecule has 3 heteroatoms. The second kappa shape index (κ2) is 5.43. The lowest BCUT2D eigenvalue weighted by Gasteiger charge is -2.26. The summed E-state index contributed by atoms with van der Waals surface area (Å²) in [7, 11) is 0. The molecule has 1 fully saturated rings. The van der Waals surface area contributed by atoms with Crippen LogP contribution in [0.5, 0.6) is 0 Å². The molecule has 1 aromatic carbocycles. The summed E-state index contributed by atoms with van der Waals surface area (Å²) in [6.45, 7) is 6.82. The highest BCUT2D eigenvalue weighted by molar-refractivity contribution is 5.24. The van der Waals surface area contributed by atoms with Crippen LogP contribution in [0.2, 0.25) is 0 Å². The molecule has 0 spiro atoms. The molecule has 1 saturated heterocycles. The molecule has 3 nitrogen and oxygen atoms in total. The summed E-state index contributed by atoms with van der Waals surface area (Å²) >= 11 is 0. The van der Waals surface area contributed by atoms with Gasteiger partial charge in [0.1, 0.15) is 0 Å². The molecule has 0 bridgehead atoms. The Hall–Kier alpha value is -0.900. The van der Waals surface area contributed by atoms with Crippen molar-refractivity contribution in [3.63, 3.8) is 0 Å². The Morgan fingerprint density at radius 1 is 1.25 bits per heavy atom. The van der Waals surface area contributed by atoms with Gasteiger partial charge in [0.05, 0.1) is 13.2 Å². The molecule has 0 radical (unpaired) electrons. The number of benzene rings is 1. The van der Waals surface area contributed by atoms with Crippen molar-refractivity contribution < 1.29 is 4.74 Å². The van der Waals surface area contributed by atoms with Crippen molar-refractivity contribution >= 4 is 0 Å². The van der Waals surface area contributed by atoms with Crippen molar-refractivity contribution in [2.45, 2.75) is 19.5 Å². The van der Waals surface area contributed by atoms with Crippen molar-refractivity contribution in [3.05, 3.63) is 35.4 Å². The molecule has 0 aliphatic carbocycles. The summed E-state index contributed by atoms with van der Waals surface area (Å²) in [6.07, 6.45) is 0. The Morgan fingerprint density at radius 2 is 1.88 bits per heavy atom. The van der Waals surface area contributed by atoms with Gasteiger partial charge in [0.15, 0.2) is 0 Å². The Balaban J connectivity index is 1.93. The third kappa shape index (κ3) is 3.04. The van der Waals surface area contributed by atoms with Gasteiger partial charge in [-0.1, -0.05) is 24.3 Å². The minimum atomic E-state index is 0.123. The van der Waals surface area contributed by atoms with Crippen LogP contribution >= 0.6 is 0 Å². The van der Waals surface area contributed by atoms with Gasteiger partial charge in [-0.25, -0.2) is 0 Å². The number of nitrogens with zero attached hydrogens (tertiary/aromatic N) is 1. The van der Waals surface area contributed by atoms with Crippen molar-refractivity contribution in [2.24, 2.45) is 5.73 Å². The number of rotatable bonds is 3. The van der Waals surface area contributed by atoms with Crippen LogP contribution in [0.1, 0.15) is 24.1 Å². The molecule has 0 aromatic heterocycles. The summed E-state index contributed by atoms with van der Waals surface area (Å²) in [5.41, 5.74) is 8.37. The van der Waals surface area contributed by atoms with Crippen LogP contribution in [0.15, 0.2) is 24.3 Å². The van der Waals surface area contributed by atoms with E-state index in [-0.39, 0.29) is 6.04 Å². The number of ether oxygens (including phenoxy) is 1. The molecule has 0 saturated carbocycles. The van der Waals surface area contributed by atoms with Crippen LogP contribution in [0.3, 0.4) is 0 Å². The molecule has 1 aliphatic rings. The van der Waals surface area contributed by atoms with Gasteiger partial charge in [0, 0.05) is 25.7 Å². The van der Waals surface area contributed by atoms with E-state index < -0.39 is 0 Å². The summed E-state index contributed by atoms with van der Waals surface area (Å²) in [4.78, 5) is 2.42. The number of nitrogens with two attached hydrogens (primary N) is 1. The lowest BCUT2D eigenvalue weighted by Crippen LogP contribution is -2.35. The molecule has 16 heavy (non-hydrogen) atoms. The van der Waals surface area contributed by atoms with Crippen molar-refractivity contribution in [3.8, 4) is 0 Å². The van der Waals surface area contributed by atoms with Crippen LogP contribution in [0.25, 0.3) is 0 Å². The maximum absolute atomic E-state index is 5.82. The lowest BCUT2D eigenvalue weighted by atomic mass is 10.1. The van der Waals surface area contributed by atoms with E-state index in [1.807, 2.05) is 6.92 Å². The average Bonchev–Trinajstić information content (AvgIpc) is 2.31. The molecular weight excluding hydrogens is 200 g/mol. The maximum atomic E-state index is 5.82. The smallest absolute Gasteiger partial charge is 0.0594 e. The van der Waals surface area contributed by atoms with Gasteiger partial charge in [0.2, 0.25) is 0 Å². The third-order valence-electron chi connectivity index (χ3n) is 3.02. The third-order valence-corrected chi connectivity index (χ3v) is 3.02. The number of hydrogen-bond acceptors (Lipinski definition) is 3. The van der Waals surface area contributed by atoms with Crippen LogP contribution in [0, 0.1) is 0 Å². The fourth-order valence-corrected chi connectivity index (χ4v) is 1.94. The highest BCUT2D eigenvalue weighted by atomic mass is 16.5. The molecule has 2 rings (SSSR count). The minimum Gasteiger partial charge on any atom is -0.379 e. The molecule has 1 heterocycles. The largest absolute Gasteiger partial charge is 0.379 e. The van der Waals surface area contributed by atoms with Crippen LogP contribution in [-0.4, -0.2) is 31.2 Å². The molecule has 88 valence electrons. The first-order valence-electron chi connectivity index (χ1n) is 5.90. The van der Waals surface area contributed by atoms with E-state index in [0.717, 1.165) is 32.8 Å². The first-order chi connectivity index (χ1) is 7.75. The van der Waals surface area contributed by atoms with Gasteiger partial charge in [0.25, 0.3) is 0 Å². The number of hydrogen-bond donors (Lipinski definition) is 1. The van der Waals surface area contributed by atoms with E-state index in [2.05, 4.69) is 29.2 Å². The fraction of sp³-hybridized carbons (Fsp3) is 0.538. The quantitative estimate of drug-likeness (QED) is 0.839. The normalized spacial score (nSPS) is 19.6. The van der Waals surface area contributed by atoms with Gasteiger partial charge in [-0.2, -0.15) is 0 Å². The van der Waals surface area contributed by atoms with Crippen LogP contribution < -0.4 is 5.73 Å². The van der Waals surface area contributed by atoms with Gasteiger partial charge in [-0.3, -0.25) is 4.90 Å². The maximum Gasteiger partial charge on any atom is 0.0594 e. The average molecular weight is 220 g/mol. The first kappa shape index (κ1) is 11.6. The molecular formula is C13H20N2O. The van der Waals surface area contributed by atoms with Crippen molar-refractivity contribution in [1.82, 2.24) is 4.90 Å². The molecule has 1 aromatic rings. The van der Waals surface area contributed by atoms with Gasteiger partial charge in [-0.15, -0.1) is 0 Å². The first-order valence-corrected chi connectivity index (χ1v) is 5.90. The monoisotopic (exact) mass is 220 g/mol. The second-order valence-electron chi connectivity index (χ2n) is 4.42. The summed E-state index contributed by atoms with van der Waals surface area (Å²) in [6, 6.07) is 8.72. The zero-order valence-corrected chi connectivity index (χ0v) is 9.86. The van der Waals surface area contributed by atoms with E-state index in [1.165, 1.54) is 11.1 Å².